The van der Waals surface area contributed by atoms with Crippen molar-refractivity contribution in [3.8, 4) is 0 Å². The third-order valence-corrected chi connectivity index (χ3v) is 5.69. The van der Waals surface area contributed by atoms with Gasteiger partial charge in [0, 0.05) is 16.3 Å². The molecule has 0 aliphatic heterocycles. The van der Waals surface area contributed by atoms with Crippen LogP contribution in [0.4, 0.5) is 0 Å². The third kappa shape index (κ3) is 3.02. The van der Waals surface area contributed by atoms with E-state index in [1.165, 1.54) is 0 Å². The van der Waals surface area contributed by atoms with Crippen LogP contribution in [0, 0.1) is 0 Å². The van der Waals surface area contributed by atoms with Gasteiger partial charge in [0.05, 0.1) is 20.7 Å². The molecule has 0 radical (unpaired) electrons. The zero-order valence-electron chi connectivity index (χ0n) is 9.58. The highest BCUT2D eigenvalue weighted by molar-refractivity contribution is 7.85. The second-order valence-electron chi connectivity index (χ2n) is 4.29. The number of rotatable bonds is 3. The summed E-state index contributed by atoms with van der Waals surface area (Å²) in [5, 5.41) is 4.54. The van der Waals surface area contributed by atoms with E-state index in [0.29, 0.717) is 21.0 Å². The molecule has 1 aliphatic rings. The largest absolute Gasteiger partial charge is 0.317 e. The van der Waals surface area contributed by atoms with Crippen molar-refractivity contribution in [3.63, 3.8) is 0 Å². The molecule has 1 fully saturated rings. The van der Waals surface area contributed by atoms with Crippen LogP contribution in [0.1, 0.15) is 19.3 Å². The lowest BCUT2D eigenvalue weighted by Gasteiger charge is -2.12. The van der Waals surface area contributed by atoms with Gasteiger partial charge in [-0.3, -0.25) is 4.21 Å². The minimum absolute atomic E-state index is 0.184. The van der Waals surface area contributed by atoms with E-state index < -0.39 is 10.8 Å². The second-order valence-corrected chi connectivity index (χ2v) is 6.84. The molecule has 1 aliphatic carbocycles. The normalized spacial score (nSPS) is 26.1. The highest BCUT2D eigenvalue weighted by Crippen LogP contribution is 2.31. The maximum absolute atomic E-state index is 12.4. The molecular weight excluding hydrogens is 277 g/mol. The van der Waals surface area contributed by atoms with Crippen LogP contribution < -0.4 is 5.32 Å². The molecule has 2 nitrogen and oxygen atoms in total. The van der Waals surface area contributed by atoms with Gasteiger partial charge in [-0.2, -0.15) is 0 Å². The summed E-state index contributed by atoms with van der Waals surface area (Å²) in [5.41, 5.74) is 0. The summed E-state index contributed by atoms with van der Waals surface area (Å²) in [6.45, 7) is 0. The summed E-state index contributed by atoms with van der Waals surface area (Å²) >= 11 is 12.0. The highest BCUT2D eigenvalue weighted by Gasteiger charge is 2.29. The van der Waals surface area contributed by atoms with Crippen LogP contribution in [0.2, 0.25) is 10.0 Å². The molecule has 17 heavy (non-hydrogen) atoms. The van der Waals surface area contributed by atoms with Crippen molar-refractivity contribution >= 4 is 34.0 Å². The van der Waals surface area contributed by atoms with Gasteiger partial charge < -0.3 is 5.32 Å². The maximum Gasteiger partial charge on any atom is 0.0591 e. The molecule has 0 bridgehead atoms. The van der Waals surface area contributed by atoms with Gasteiger partial charge in [-0.05, 0) is 44.5 Å². The molecule has 1 saturated carbocycles. The van der Waals surface area contributed by atoms with Gasteiger partial charge in [0.1, 0.15) is 0 Å². The molecule has 94 valence electrons. The lowest BCUT2D eigenvalue weighted by Crippen LogP contribution is -2.23. The molecule has 0 aromatic heterocycles. The van der Waals surface area contributed by atoms with Gasteiger partial charge in [0.2, 0.25) is 0 Å². The van der Waals surface area contributed by atoms with Crippen molar-refractivity contribution in [2.45, 2.75) is 35.4 Å². The average molecular weight is 292 g/mol. The van der Waals surface area contributed by atoms with Crippen LogP contribution in [0.5, 0.6) is 0 Å². The Hall–Kier alpha value is -0.0900. The van der Waals surface area contributed by atoms with E-state index in [0.717, 1.165) is 19.3 Å². The van der Waals surface area contributed by atoms with E-state index in [1.807, 2.05) is 7.05 Å². The van der Waals surface area contributed by atoms with E-state index in [2.05, 4.69) is 5.32 Å². The molecule has 0 heterocycles. The first-order valence-electron chi connectivity index (χ1n) is 5.64. The molecule has 3 atom stereocenters. The van der Waals surface area contributed by atoms with Crippen molar-refractivity contribution in [2.75, 3.05) is 7.05 Å². The number of hydrogen-bond donors (Lipinski definition) is 1. The SMILES string of the molecule is CNC1CCC(S(=O)c2cc(Cl)ccc2Cl)C1. The quantitative estimate of drug-likeness (QED) is 0.926. The lowest BCUT2D eigenvalue weighted by atomic mass is 10.3. The maximum atomic E-state index is 12.4. The van der Waals surface area contributed by atoms with Crippen LogP contribution in [-0.2, 0) is 10.8 Å². The Balaban J connectivity index is 2.17. The molecule has 0 saturated heterocycles. The Morgan fingerprint density at radius 2 is 2.12 bits per heavy atom. The number of nitrogens with one attached hydrogen (secondary N) is 1. The zero-order valence-corrected chi connectivity index (χ0v) is 11.9. The van der Waals surface area contributed by atoms with Gasteiger partial charge in [0.25, 0.3) is 0 Å². The van der Waals surface area contributed by atoms with Crippen LogP contribution in [0.15, 0.2) is 23.1 Å². The monoisotopic (exact) mass is 291 g/mol. The van der Waals surface area contributed by atoms with Crippen LogP contribution >= 0.6 is 23.2 Å². The standard InChI is InChI=1S/C12H15Cl2NOS/c1-15-9-3-4-10(7-9)17(16)12-6-8(13)2-5-11(12)14/h2,5-6,9-10,15H,3-4,7H2,1H3. The third-order valence-electron chi connectivity index (χ3n) is 3.21. The first-order chi connectivity index (χ1) is 8.11. The number of hydrogen-bond acceptors (Lipinski definition) is 2. The average Bonchev–Trinajstić information content (AvgIpc) is 2.80. The van der Waals surface area contributed by atoms with Crippen molar-refractivity contribution < 1.29 is 4.21 Å². The molecule has 5 heteroatoms. The zero-order chi connectivity index (χ0) is 12.4. The number of halogens is 2. The van der Waals surface area contributed by atoms with Gasteiger partial charge in [0.15, 0.2) is 0 Å². The van der Waals surface area contributed by atoms with Crippen molar-refractivity contribution in [2.24, 2.45) is 0 Å². The van der Waals surface area contributed by atoms with E-state index in [9.17, 15) is 4.21 Å². The molecule has 1 aromatic carbocycles. The molecule has 0 spiro atoms. The predicted octanol–water partition coefficient (Wildman–Crippen LogP) is 3.24. The van der Waals surface area contributed by atoms with E-state index in [1.54, 1.807) is 18.2 Å². The lowest BCUT2D eigenvalue weighted by molar-refractivity contribution is 0.581. The summed E-state index contributed by atoms with van der Waals surface area (Å²) in [5.74, 6) is 0. The molecule has 0 amide bonds. The van der Waals surface area contributed by atoms with Gasteiger partial charge in [-0.15, -0.1) is 0 Å². The Labute approximate surface area is 114 Å². The summed E-state index contributed by atoms with van der Waals surface area (Å²) in [6, 6.07) is 5.62. The Morgan fingerprint density at radius 1 is 1.35 bits per heavy atom. The first-order valence-corrected chi connectivity index (χ1v) is 7.61. The van der Waals surface area contributed by atoms with Gasteiger partial charge in [-0.1, -0.05) is 23.2 Å². The molecule has 1 N–H and O–H groups in total. The summed E-state index contributed by atoms with van der Waals surface area (Å²) in [4.78, 5) is 0.668. The molecule has 2 rings (SSSR count). The fourth-order valence-electron chi connectivity index (χ4n) is 2.21. The van der Waals surface area contributed by atoms with Crippen LogP contribution in [-0.4, -0.2) is 22.5 Å². The summed E-state index contributed by atoms with van der Waals surface area (Å²) in [6.07, 6.45) is 2.98. The van der Waals surface area contributed by atoms with Crippen molar-refractivity contribution in [3.05, 3.63) is 28.2 Å². The fraction of sp³-hybridized carbons (Fsp3) is 0.500. The Kier molecular flexibility index (Phi) is 4.47. The van der Waals surface area contributed by atoms with Gasteiger partial charge >= 0.3 is 0 Å². The van der Waals surface area contributed by atoms with Crippen molar-refractivity contribution in [1.29, 1.82) is 0 Å². The summed E-state index contributed by atoms with van der Waals surface area (Å²) in [7, 11) is 0.887. The second kappa shape index (κ2) is 5.70. The minimum Gasteiger partial charge on any atom is -0.317 e. The smallest absolute Gasteiger partial charge is 0.0591 e. The van der Waals surface area contributed by atoms with Crippen LogP contribution in [0.25, 0.3) is 0 Å². The topological polar surface area (TPSA) is 29.1 Å². The molecule has 1 aromatic rings. The first kappa shape index (κ1) is 13.3. The minimum atomic E-state index is -1.06. The predicted molar refractivity (Wildman–Crippen MR) is 73.4 cm³/mol. The van der Waals surface area contributed by atoms with E-state index >= 15 is 0 Å². The molecular formula is C12H15Cl2NOS. The van der Waals surface area contributed by atoms with Gasteiger partial charge in [-0.25, -0.2) is 0 Å². The number of benzene rings is 1. The highest BCUT2D eigenvalue weighted by atomic mass is 35.5. The fourth-order valence-corrected chi connectivity index (χ4v) is 4.41. The Bertz CT molecular complexity index is 439. The van der Waals surface area contributed by atoms with E-state index in [-0.39, 0.29) is 5.25 Å². The van der Waals surface area contributed by atoms with Crippen molar-refractivity contribution in [1.82, 2.24) is 5.32 Å². The van der Waals surface area contributed by atoms with Crippen LogP contribution in [0.3, 0.4) is 0 Å². The summed E-state index contributed by atoms with van der Waals surface area (Å²) < 4.78 is 12.4. The molecule has 3 unspecified atom stereocenters. The van der Waals surface area contributed by atoms with E-state index in [4.69, 9.17) is 23.2 Å². The Morgan fingerprint density at radius 3 is 2.76 bits per heavy atom.